The van der Waals surface area contributed by atoms with Crippen molar-refractivity contribution in [2.75, 3.05) is 6.61 Å². The predicted molar refractivity (Wildman–Crippen MR) is 136 cm³/mol. The highest BCUT2D eigenvalue weighted by Gasteiger charge is 2.63. The molecule has 3 rings (SSSR count). The van der Waals surface area contributed by atoms with Crippen LogP contribution in [0.1, 0.15) is 104 Å². The lowest BCUT2D eigenvalue weighted by Gasteiger charge is -2.63. The molecule has 0 radical (unpaired) electrons. The van der Waals surface area contributed by atoms with Crippen LogP contribution in [0, 0.1) is 23.7 Å². The third-order valence-electron chi connectivity index (χ3n) is 8.64. The number of rotatable bonds is 13. The maximum Gasteiger partial charge on any atom is 0.303 e. The second-order valence-electron chi connectivity index (χ2n) is 10.9. The zero-order chi connectivity index (χ0) is 24.6. The van der Waals surface area contributed by atoms with Gasteiger partial charge in [-0.2, -0.15) is 0 Å². The summed E-state index contributed by atoms with van der Waals surface area (Å²) in [5.41, 5.74) is 0.886. The van der Waals surface area contributed by atoms with Crippen LogP contribution in [0.25, 0.3) is 0 Å². The van der Waals surface area contributed by atoms with E-state index in [1.54, 1.807) is 0 Å². The molecule has 5 heteroatoms. The summed E-state index contributed by atoms with van der Waals surface area (Å²) in [6, 6.07) is 0. The zero-order valence-electron chi connectivity index (χ0n) is 21.5. The Balaban J connectivity index is 1.86. The molecule has 0 aromatic heterocycles. The van der Waals surface area contributed by atoms with Crippen LogP contribution in [-0.2, 0) is 9.53 Å². The van der Waals surface area contributed by atoms with Crippen molar-refractivity contribution in [3.63, 3.8) is 0 Å². The van der Waals surface area contributed by atoms with E-state index < -0.39 is 23.8 Å². The molecule has 0 aromatic rings. The van der Waals surface area contributed by atoms with Crippen molar-refractivity contribution in [1.29, 1.82) is 0 Å². The van der Waals surface area contributed by atoms with Crippen LogP contribution in [-0.4, -0.2) is 45.7 Å². The minimum absolute atomic E-state index is 0.0351. The Labute approximate surface area is 206 Å². The summed E-state index contributed by atoms with van der Waals surface area (Å²) in [7, 11) is 0. The van der Waals surface area contributed by atoms with Gasteiger partial charge < -0.3 is 20.1 Å². The van der Waals surface area contributed by atoms with Gasteiger partial charge in [0.15, 0.2) is 0 Å². The lowest BCUT2D eigenvalue weighted by atomic mass is 9.47. The smallest absolute Gasteiger partial charge is 0.303 e. The van der Waals surface area contributed by atoms with E-state index >= 15 is 0 Å². The average Bonchev–Trinajstić information content (AvgIpc) is 2.83. The highest BCUT2D eigenvalue weighted by Crippen LogP contribution is 2.62. The van der Waals surface area contributed by atoms with Crippen molar-refractivity contribution in [2.24, 2.45) is 23.7 Å². The second kappa shape index (κ2) is 13.2. The van der Waals surface area contributed by atoms with Crippen molar-refractivity contribution < 1.29 is 24.9 Å². The molecule has 2 unspecified atom stereocenters. The third-order valence-corrected chi connectivity index (χ3v) is 8.64. The molecule has 3 aliphatic rings. The van der Waals surface area contributed by atoms with Gasteiger partial charge in [-0.15, -0.1) is 0 Å². The van der Waals surface area contributed by atoms with Gasteiger partial charge in [-0.05, 0) is 62.4 Å². The van der Waals surface area contributed by atoms with E-state index in [4.69, 9.17) is 4.74 Å². The monoisotopic (exact) mass is 476 g/mol. The van der Waals surface area contributed by atoms with Crippen molar-refractivity contribution in [3.8, 4) is 0 Å². The lowest BCUT2D eigenvalue weighted by Crippen LogP contribution is -2.65. The fraction of sp³-hybridized carbons (Fsp3) is 0.828. The standard InChI is InChI=1S/C29H48O5/c1-3-5-13-22-24(14-10-15-27(32)33)29(34-20-6-4-2)19-18-26(31)23(28(22)29)16-17-25(30)21-11-8-7-9-12-21/h14,16-17,21-23,25-26,28,30-31H,3-13,15,18-20H2,1-2H3,(H,32,33)/t22?,23-,25?,26+,28+,29-/m0/s1. The number of carboxylic acids is 1. The Bertz CT molecular complexity index is 695. The molecular formula is C29H48O5. The van der Waals surface area contributed by atoms with Crippen LogP contribution < -0.4 is 0 Å². The molecule has 5 nitrogen and oxygen atoms in total. The van der Waals surface area contributed by atoms with Gasteiger partial charge in [0, 0.05) is 24.9 Å². The number of aliphatic carboxylic acids is 1. The van der Waals surface area contributed by atoms with E-state index in [-0.39, 0.29) is 18.3 Å². The van der Waals surface area contributed by atoms with E-state index in [0.717, 1.165) is 51.4 Å². The number of carboxylic acid groups (broad SMARTS) is 1. The van der Waals surface area contributed by atoms with E-state index in [1.807, 2.05) is 6.08 Å². The second-order valence-corrected chi connectivity index (χ2v) is 10.9. The van der Waals surface area contributed by atoms with Crippen LogP contribution in [0.4, 0.5) is 0 Å². The fourth-order valence-electron chi connectivity index (χ4n) is 6.82. The summed E-state index contributed by atoms with van der Waals surface area (Å²) in [4.78, 5) is 11.2. The molecule has 0 heterocycles. The van der Waals surface area contributed by atoms with Gasteiger partial charge in [-0.1, -0.05) is 70.6 Å². The van der Waals surface area contributed by atoms with Gasteiger partial charge in [0.1, 0.15) is 0 Å². The van der Waals surface area contributed by atoms with E-state index in [9.17, 15) is 20.1 Å². The number of hydrogen-bond donors (Lipinski definition) is 3. The summed E-state index contributed by atoms with van der Waals surface area (Å²) in [6.45, 7) is 5.06. The first kappa shape index (κ1) is 27.4. The minimum atomic E-state index is -0.768. The van der Waals surface area contributed by atoms with E-state index in [1.165, 1.54) is 24.8 Å². The predicted octanol–water partition coefficient (Wildman–Crippen LogP) is 6.04. The maximum absolute atomic E-state index is 11.2. The molecule has 3 aliphatic carbocycles. The van der Waals surface area contributed by atoms with Crippen LogP contribution >= 0.6 is 0 Å². The fourth-order valence-corrected chi connectivity index (χ4v) is 6.82. The van der Waals surface area contributed by atoms with E-state index in [2.05, 4.69) is 26.0 Å². The van der Waals surface area contributed by atoms with Gasteiger partial charge in [0.25, 0.3) is 0 Å². The molecule has 0 aromatic carbocycles. The van der Waals surface area contributed by atoms with Crippen LogP contribution in [0.2, 0.25) is 0 Å². The Morgan fingerprint density at radius 3 is 2.56 bits per heavy atom. The third kappa shape index (κ3) is 6.33. The van der Waals surface area contributed by atoms with Crippen molar-refractivity contribution in [2.45, 2.75) is 122 Å². The molecule has 3 saturated carbocycles. The molecule has 0 aliphatic heterocycles. The molecule has 34 heavy (non-hydrogen) atoms. The normalized spacial score (nSPS) is 34.2. The van der Waals surface area contributed by atoms with Crippen LogP contribution in [0.15, 0.2) is 23.8 Å². The first-order chi connectivity index (χ1) is 16.4. The first-order valence-electron chi connectivity index (χ1n) is 14.0. The average molecular weight is 477 g/mol. The van der Waals surface area contributed by atoms with Crippen molar-refractivity contribution in [3.05, 3.63) is 23.8 Å². The number of fused-ring (bicyclic) bond motifs is 1. The highest BCUT2D eigenvalue weighted by atomic mass is 16.5. The van der Waals surface area contributed by atoms with Gasteiger partial charge in [-0.25, -0.2) is 0 Å². The van der Waals surface area contributed by atoms with Gasteiger partial charge in [-0.3, -0.25) is 4.79 Å². The molecular weight excluding hydrogens is 428 g/mol. The number of hydrogen-bond acceptors (Lipinski definition) is 4. The number of unbranched alkanes of at least 4 members (excludes halogenated alkanes) is 2. The summed E-state index contributed by atoms with van der Waals surface area (Å²) < 4.78 is 6.67. The molecule has 0 bridgehead atoms. The van der Waals surface area contributed by atoms with Crippen molar-refractivity contribution >= 4 is 5.97 Å². The highest BCUT2D eigenvalue weighted by molar-refractivity contribution is 5.66. The van der Waals surface area contributed by atoms with Gasteiger partial charge in [0.05, 0.1) is 17.8 Å². The SMILES string of the molecule is CCCCO[C@]12CC[C@@H](O)[C@H](C=CC(O)C3CCCCC3)[C@H]1C(CCCC)C2=CCCC(=O)O. The largest absolute Gasteiger partial charge is 0.481 e. The van der Waals surface area contributed by atoms with Crippen molar-refractivity contribution in [1.82, 2.24) is 0 Å². The van der Waals surface area contributed by atoms with Gasteiger partial charge >= 0.3 is 5.97 Å². The molecule has 194 valence electrons. The van der Waals surface area contributed by atoms with E-state index in [0.29, 0.717) is 31.3 Å². The minimum Gasteiger partial charge on any atom is -0.481 e. The van der Waals surface area contributed by atoms with Crippen LogP contribution in [0.5, 0.6) is 0 Å². The number of allylic oxidation sites excluding steroid dienone is 1. The molecule has 0 amide bonds. The molecule has 0 spiro atoms. The Morgan fingerprint density at radius 2 is 1.88 bits per heavy atom. The Hall–Kier alpha value is -1.17. The number of aliphatic hydroxyl groups is 2. The summed E-state index contributed by atoms with van der Waals surface area (Å²) >= 11 is 0. The zero-order valence-corrected chi connectivity index (χ0v) is 21.5. The first-order valence-corrected chi connectivity index (χ1v) is 14.0. The number of ether oxygens (including phenoxy) is 1. The molecule has 6 atom stereocenters. The number of carbonyl (C=O) groups is 1. The topological polar surface area (TPSA) is 87.0 Å². The Kier molecular flexibility index (Phi) is 10.7. The molecule has 0 saturated heterocycles. The Morgan fingerprint density at radius 1 is 1.15 bits per heavy atom. The molecule has 3 fully saturated rings. The lowest BCUT2D eigenvalue weighted by molar-refractivity contribution is -0.185. The maximum atomic E-state index is 11.2. The quantitative estimate of drug-likeness (QED) is 0.223. The number of aliphatic hydroxyl groups excluding tert-OH is 2. The molecule has 3 N–H and O–H groups in total. The summed E-state index contributed by atoms with van der Waals surface area (Å²) in [6.07, 6.45) is 18.7. The van der Waals surface area contributed by atoms with Gasteiger partial charge in [0.2, 0.25) is 0 Å². The summed E-state index contributed by atoms with van der Waals surface area (Å²) in [5, 5.41) is 31.1. The summed E-state index contributed by atoms with van der Waals surface area (Å²) in [5.74, 6) is 0.0276. The van der Waals surface area contributed by atoms with Crippen LogP contribution in [0.3, 0.4) is 0 Å².